The van der Waals surface area contributed by atoms with E-state index in [1.165, 1.54) is 0 Å². The van der Waals surface area contributed by atoms with Gasteiger partial charge < -0.3 is 5.32 Å². The van der Waals surface area contributed by atoms with Crippen molar-refractivity contribution in [1.82, 2.24) is 15.1 Å². The summed E-state index contributed by atoms with van der Waals surface area (Å²) in [5, 5.41) is 8.48. The topological polar surface area (TPSA) is 29.9 Å². The summed E-state index contributed by atoms with van der Waals surface area (Å²) in [4.78, 5) is 0. The number of hydrogen-bond acceptors (Lipinski definition) is 2. The second-order valence-electron chi connectivity index (χ2n) is 4.47. The summed E-state index contributed by atoms with van der Waals surface area (Å²) in [6.45, 7) is 3.02. The first-order valence-corrected chi connectivity index (χ1v) is 8.38. The second-order valence-corrected chi connectivity index (χ2v) is 6.55. The van der Waals surface area contributed by atoms with Gasteiger partial charge in [0.15, 0.2) is 0 Å². The van der Waals surface area contributed by atoms with Gasteiger partial charge >= 0.3 is 0 Å². The van der Waals surface area contributed by atoms with E-state index in [1.54, 1.807) is 0 Å². The van der Waals surface area contributed by atoms with Gasteiger partial charge in [0.1, 0.15) is 0 Å². The lowest BCUT2D eigenvalue weighted by molar-refractivity contribution is 0.533. The average Bonchev–Trinajstić information content (AvgIpc) is 2.78. The zero-order valence-corrected chi connectivity index (χ0v) is 15.3. The molecule has 108 valence electrons. The lowest BCUT2D eigenvalue weighted by atomic mass is 10.0. The third kappa shape index (κ3) is 3.11. The smallest absolute Gasteiger partial charge is 0.0772 e. The molecule has 0 fully saturated rings. The Morgan fingerprint density at radius 1 is 1.35 bits per heavy atom. The van der Waals surface area contributed by atoms with Crippen LogP contribution in [0.2, 0.25) is 5.02 Å². The molecule has 1 atom stereocenters. The summed E-state index contributed by atoms with van der Waals surface area (Å²) in [6.07, 6.45) is 2.87. The lowest BCUT2D eigenvalue weighted by Gasteiger charge is -2.20. The predicted molar refractivity (Wildman–Crippen MR) is 90.3 cm³/mol. The number of benzene rings is 1. The number of aryl methyl sites for hydroxylation is 1. The molecule has 1 heterocycles. The summed E-state index contributed by atoms with van der Waals surface area (Å²) in [7, 11) is 1.93. The number of nitrogens with zero attached hydrogens (tertiary/aromatic N) is 2. The maximum absolute atomic E-state index is 6.43. The van der Waals surface area contributed by atoms with Crippen molar-refractivity contribution in [2.75, 3.05) is 7.05 Å². The average molecular weight is 422 g/mol. The molecule has 0 spiro atoms. The van der Waals surface area contributed by atoms with Gasteiger partial charge in [0.05, 0.1) is 27.4 Å². The maximum Gasteiger partial charge on any atom is 0.0772 e. The zero-order chi connectivity index (χ0) is 14.7. The van der Waals surface area contributed by atoms with Crippen LogP contribution in [0.25, 0.3) is 0 Å². The summed E-state index contributed by atoms with van der Waals surface area (Å²) in [5.74, 6) is 0. The highest BCUT2D eigenvalue weighted by Gasteiger charge is 2.23. The molecule has 0 amide bonds. The minimum atomic E-state index is -0.0107. The molecule has 1 unspecified atom stereocenters. The molecule has 0 aliphatic heterocycles. The van der Waals surface area contributed by atoms with Crippen molar-refractivity contribution < 1.29 is 0 Å². The molecule has 0 radical (unpaired) electrons. The number of nitrogens with one attached hydrogen (secondary N) is 1. The normalized spacial score (nSPS) is 12.7. The van der Waals surface area contributed by atoms with Gasteiger partial charge in [-0.2, -0.15) is 5.10 Å². The Labute approximate surface area is 141 Å². The minimum Gasteiger partial charge on any atom is -0.308 e. The van der Waals surface area contributed by atoms with Gasteiger partial charge in [0, 0.05) is 11.0 Å². The molecular weight excluding hydrogens is 405 g/mol. The quantitative estimate of drug-likeness (QED) is 0.753. The predicted octanol–water partition coefficient (Wildman–Crippen LogP) is 4.78. The molecule has 0 bridgehead atoms. The van der Waals surface area contributed by atoms with E-state index in [9.17, 15) is 0 Å². The van der Waals surface area contributed by atoms with E-state index in [0.29, 0.717) is 0 Å². The van der Waals surface area contributed by atoms with Crippen LogP contribution in [0.15, 0.2) is 33.3 Å². The Hall–Kier alpha value is -0.360. The molecule has 2 aromatic rings. The summed E-state index contributed by atoms with van der Waals surface area (Å²) in [6, 6.07) is 5.95. The van der Waals surface area contributed by atoms with Crippen LogP contribution < -0.4 is 5.32 Å². The van der Waals surface area contributed by atoms with Crippen molar-refractivity contribution >= 4 is 43.5 Å². The van der Waals surface area contributed by atoms with Crippen LogP contribution in [0, 0.1) is 0 Å². The van der Waals surface area contributed by atoms with Crippen LogP contribution in [0.5, 0.6) is 0 Å². The van der Waals surface area contributed by atoms with Gasteiger partial charge in [-0.05, 0) is 57.0 Å². The molecule has 6 heteroatoms. The Bertz CT molecular complexity index is 598. The third-order valence-electron chi connectivity index (χ3n) is 3.12. The third-order valence-corrected chi connectivity index (χ3v) is 5.05. The van der Waals surface area contributed by atoms with E-state index in [-0.39, 0.29) is 6.04 Å². The summed E-state index contributed by atoms with van der Waals surface area (Å²) >= 11 is 13.5. The van der Waals surface area contributed by atoms with Crippen molar-refractivity contribution in [3.8, 4) is 0 Å². The molecule has 0 saturated heterocycles. The van der Waals surface area contributed by atoms with Crippen LogP contribution in [0.3, 0.4) is 0 Å². The van der Waals surface area contributed by atoms with Crippen LogP contribution >= 0.6 is 43.5 Å². The summed E-state index contributed by atoms with van der Waals surface area (Å²) in [5.41, 5.74) is 2.12. The van der Waals surface area contributed by atoms with E-state index in [1.807, 2.05) is 36.1 Å². The molecule has 0 saturated carbocycles. The van der Waals surface area contributed by atoms with Gasteiger partial charge in [0.25, 0.3) is 0 Å². The fourth-order valence-electron chi connectivity index (χ4n) is 2.23. The van der Waals surface area contributed by atoms with E-state index in [2.05, 4.69) is 49.2 Å². The van der Waals surface area contributed by atoms with Crippen molar-refractivity contribution in [3.63, 3.8) is 0 Å². The van der Waals surface area contributed by atoms with Crippen LogP contribution in [-0.4, -0.2) is 16.8 Å². The molecule has 1 aromatic carbocycles. The standard InChI is InChI=1S/C14H16Br2ClN3/c1-3-7-20-14(11(16)8-19-20)13(18-2)9-5-4-6-10(15)12(9)17/h4-6,8,13,18H,3,7H2,1-2H3. The van der Waals surface area contributed by atoms with Crippen molar-refractivity contribution in [2.24, 2.45) is 0 Å². The molecule has 0 aliphatic rings. The maximum atomic E-state index is 6.43. The van der Waals surface area contributed by atoms with Crippen LogP contribution in [0.1, 0.15) is 30.6 Å². The SMILES string of the molecule is CCCn1ncc(Br)c1C(NC)c1cccc(Br)c1Cl. The van der Waals surface area contributed by atoms with E-state index in [4.69, 9.17) is 11.6 Å². The molecule has 1 aromatic heterocycles. The zero-order valence-electron chi connectivity index (χ0n) is 11.3. The first-order chi connectivity index (χ1) is 9.60. The van der Waals surface area contributed by atoms with Crippen LogP contribution in [-0.2, 0) is 6.54 Å². The highest BCUT2D eigenvalue weighted by atomic mass is 79.9. The van der Waals surface area contributed by atoms with Crippen molar-refractivity contribution in [3.05, 3.63) is 49.6 Å². The number of hydrogen-bond donors (Lipinski definition) is 1. The van der Waals surface area contributed by atoms with E-state index in [0.717, 1.165) is 38.2 Å². The number of halogens is 3. The van der Waals surface area contributed by atoms with E-state index < -0.39 is 0 Å². The Morgan fingerprint density at radius 3 is 2.75 bits per heavy atom. The van der Waals surface area contributed by atoms with E-state index >= 15 is 0 Å². The molecule has 3 nitrogen and oxygen atoms in total. The molecule has 1 N–H and O–H groups in total. The molecule has 20 heavy (non-hydrogen) atoms. The van der Waals surface area contributed by atoms with Crippen LogP contribution in [0.4, 0.5) is 0 Å². The van der Waals surface area contributed by atoms with Crippen molar-refractivity contribution in [2.45, 2.75) is 25.9 Å². The summed E-state index contributed by atoms with van der Waals surface area (Å²) < 4.78 is 3.90. The largest absolute Gasteiger partial charge is 0.308 e. The number of rotatable bonds is 5. The van der Waals surface area contributed by atoms with Gasteiger partial charge in [-0.1, -0.05) is 30.7 Å². The molecule has 2 rings (SSSR count). The number of aromatic nitrogens is 2. The first-order valence-electron chi connectivity index (χ1n) is 6.42. The fraction of sp³-hybridized carbons (Fsp3) is 0.357. The Balaban J connectivity index is 2.52. The first kappa shape index (κ1) is 16.0. The second kappa shape index (κ2) is 7.07. The van der Waals surface area contributed by atoms with Gasteiger partial charge in [-0.15, -0.1) is 0 Å². The van der Waals surface area contributed by atoms with Gasteiger partial charge in [-0.3, -0.25) is 4.68 Å². The minimum absolute atomic E-state index is 0.0107. The molecular formula is C14H16Br2ClN3. The molecule has 0 aliphatic carbocycles. The lowest BCUT2D eigenvalue weighted by Crippen LogP contribution is -2.22. The Morgan fingerprint density at radius 2 is 2.10 bits per heavy atom. The van der Waals surface area contributed by atoms with Gasteiger partial charge in [-0.25, -0.2) is 0 Å². The van der Waals surface area contributed by atoms with Crippen molar-refractivity contribution in [1.29, 1.82) is 0 Å². The fourth-order valence-corrected chi connectivity index (χ4v) is 3.37. The highest BCUT2D eigenvalue weighted by molar-refractivity contribution is 9.10. The highest BCUT2D eigenvalue weighted by Crippen LogP contribution is 2.35. The monoisotopic (exact) mass is 419 g/mol. The van der Waals surface area contributed by atoms with Gasteiger partial charge in [0.2, 0.25) is 0 Å². The Kier molecular flexibility index (Phi) is 5.66.